The van der Waals surface area contributed by atoms with Crippen LogP contribution in [0.2, 0.25) is 0 Å². The van der Waals surface area contributed by atoms with Crippen LogP contribution in [0.1, 0.15) is 11.3 Å². The third kappa shape index (κ3) is 2.39. The molecule has 0 fully saturated rings. The average Bonchev–Trinajstić information content (AvgIpc) is 2.47. The number of nitrogens with zero attached hydrogens (tertiary/aromatic N) is 1. The third-order valence-electron chi connectivity index (χ3n) is 3.21. The Kier molecular flexibility index (Phi) is 3.31. The molecule has 0 radical (unpaired) electrons. The zero-order valence-electron chi connectivity index (χ0n) is 10.6. The predicted molar refractivity (Wildman–Crippen MR) is 74.8 cm³/mol. The number of aromatic amines is 1. The van der Waals surface area contributed by atoms with Gasteiger partial charge < -0.3 is 14.5 Å². The summed E-state index contributed by atoms with van der Waals surface area (Å²) < 4.78 is 11.2. The molecule has 1 aliphatic heterocycles. The van der Waals surface area contributed by atoms with Crippen molar-refractivity contribution >= 4 is 12.2 Å². The lowest BCUT2D eigenvalue weighted by Crippen LogP contribution is -2.14. The maximum atomic E-state index is 5.41. The number of aromatic nitrogens is 2. The van der Waals surface area contributed by atoms with E-state index in [1.807, 2.05) is 24.3 Å². The van der Waals surface area contributed by atoms with Crippen LogP contribution in [0, 0.1) is 4.64 Å². The van der Waals surface area contributed by atoms with Crippen LogP contribution in [-0.2, 0) is 17.8 Å². The van der Waals surface area contributed by atoms with E-state index < -0.39 is 0 Å². The Balaban J connectivity index is 2.05. The van der Waals surface area contributed by atoms with Crippen LogP contribution < -0.4 is 4.74 Å². The minimum atomic E-state index is 0.556. The van der Waals surface area contributed by atoms with Crippen molar-refractivity contribution in [2.24, 2.45) is 0 Å². The molecule has 4 nitrogen and oxygen atoms in total. The van der Waals surface area contributed by atoms with Gasteiger partial charge in [0.2, 0.25) is 0 Å². The second kappa shape index (κ2) is 5.11. The fourth-order valence-corrected chi connectivity index (χ4v) is 2.41. The van der Waals surface area contributed by atoms with Crippen molar-refractivity contribution in [1.29, 1.82) is 0 Å². The van der Waals surface area contributed by atoms with Crippen LogP contribution in [-0.4, -0.2) is 23.7 Å². The van der Waals surface area contributed by atoms with E-state index in [4.69, 9.17) is 21.7 Å². The number of ether oxygens (including phenoxy) is 2. The van der Waals surface area contributed by atoms with E-state index in [9.17, 15) is 0 Å². The molecule has 0 unspecified atom stereocenters. The van der Waals surface area contributed by atoms with E-state index in [-0.39, 0.29) is 0 Å². The standard InChI is InChI=1S/C14H14N2O2S/c1-17-10-4-2-9(3-5-10)13-15-12-6-7-18-8-11(12)14(19)16-13/h2-5H,6-8H2,1H3,(H,15,16,19). The molecule has 98 valence electrons. The summed E-state index contributed by atoms with van der Waals surface area (Å²) in [5.74, 6) is 1.63. The molecular formula is C14H14N2O2S. The molecule has 0 saturated carbocycles. The van der Waals surface area contributed by atoms with Crippen LogP contribution in [0.15, 0.2) is 24.3 Å². The van der Waals surface area contributed by atoms with Crippen molar-refractivity contribution in [1.82, 2.24) is 9.97 Å². The topological polar surface area (TPSA) is 47.1 Å². The molecular weight excluding hydrogens is 260 g/mol. The van der Waals surface area contributed by atoms with Crippen molar-refractivity contribution in [2.75, 3.05) is 13.7 Å². The highest BCUT2D eigenvalue weighted by Gasteiger charge is 2.14. The highest BCUT2D eigenvalue weighted by molar-refractivity contribution is 7.71. The van der Waals surface area contributed by atoms with E-state index in [1.54, 1.807) is 7.11 Å². The van der Waals surface area contributed by atoms with Crippen LogP contribution in [0.3, 0.4) is 0 Å². The van der Waals surface area contributed by atoms with Gasteiger partial charge in [-0.15, -0.1) is 0 Å². The lowest BCUT2D eigenvalue weighted by atomic mass is 10.1. The number of rotatable bonds is 2. The summed E-state index contributed by atoms with van der Waals surface area (Å²) in [6, 6.07) is 7.77. The van der Waals surface area contributed by atoms with Crippen LogP contribution in [0.5, 0.6) is 5.75 Å². The molecule has 0 spiro atoms. The molecule has 0 bridgehead atoms. The molecule has 1 aromatic carbocycles. The van der Waals surface area contributed by atoms with Crippen molar-refractivity contribution in [3.8, 4) is 17.1 Å². The molecule has 0 amide bonds. The molecule has 2 heterocycles. The summed E-state index contributed by atoms with van der Waals surface area (Å²) >= 11 is 5.34. The van der Waals surface area contributed by atoms with Gasteiger partial charge in [-0.1, -0.05) is 12.2 Å². The number of benzene rings is 1. The van der Waals surface area contributed by atoms with Crippen molar-refractivity contribution in [2.45, 2.75) is 13.0 Å². The maximum Gasteiger partial charge on any atom is 0.139 e. The average molecular weight is 274 g/mol. The van der Waals surface area contributed by atoms with Crippen LogP contribution in [0.25, 0.3) is 11.4 Å². The maximum absolute atomic E-state index is 5.41. The monoisotopic (exact) mass is 274 g/mol. The normalized spacial score (nSPS) is 13.9. The largest absolute Gasteiger partial charge is 0.497 e. The van der Waals surface area contributed by atoms with Crippen molar-refractivity contribution in [3.63, 3.8) is 0 Å². The van der Waals surface area contributed by atoms with E-state index in [1.165, 1.54) is 0 Å². The van der Waals surface area contributed by atoms with Crippen LogP contribution in [0.4, 0.5) is 0 Å². The van der Waals surface area contributed by atoms with Gasteiger partial charge in [0, 0.05) is 23.2 Å². The zero-order chi connectivity index (χ0) is 13.2. The first kappa shape index (κ1) is 12.3. The molecule has 0 aliphatic carbocycles. The van der Waals surface area contributed by atoms with Gasteiger partial charge in [-0.3, -0.25) is 0 Å². The Hall–Kier alpha value is -1.72. The smallest absolute Gasteiger partial charge is 0.139 e. The molecule has 3 rings (SSSR count). The van der Waals surface area contributed by atoms with Gasteiger partial charge in [-0.2, -0.15) is 0 Å². The number of hydrogen-bond acceptors (Lipinski definition) is 4. The summed E-state index contributed by atoms with van der Waals surface area (Å²) in [6.07, 6.45) is 0.852. The van der Waals surface area contributed by atoms with Crippen molar-refractivity contribution in [3.05, 3.63) is 40.2 Å². The first-order valence-corrected chi connectivity index (χ1v) is 6.53. The Bertz CT molecular complexity index is 649. The van der Waals surface area contributed by atoms with E-state index >= 15 is 0 Å². The van der Waals surface area contributed by atoms with Crippen LogP contribution >= 0.6 is 12.2 Å². The molecule has 0 atom stereocenters. The fourth-order valence-electron chi connectivity index (χ4n) is 2.14. The van der Waals surface area contributed by atoms with Gasteiger partial charge in [0.05, 0.1) is 20.3 Å². The molecule has 1 N–H and O–H groups in total. The molecule has 5 heteroatoms. The Morgan fingerprint density at radius 1 is 1.32 bits per heavy atom. The molecule has 1 aromatic heterocycles. The minimum Gasteiger partial charge on any atom is -0.497 e. The lowest BCUT2D eigenvalue weighted by molar-refractivity contribution is 0.108. The first-order chi connectivity index (χ1) is 9.28. The van der Waals surface area contributed by atoms with E-state index in [0.717, 1.165) is 41.4 Å². The molecule has 19 heavy (non-hydrogen) atoms. The third-order valence-corrected chi connectivity index (χ3v) is 3.55. The molecule has 1 aliphatic rings. The summed E-state index contributed by atoms with van der Waals surface area (Å²) in [6.45, 7) is 1.28. The summed E-state index contributed by atoms with van der Waals surface area (Å²) in [4.78, 5) is 7.81. The number of nitrogens with one attached hydrogen (secondary N) is 1. The van der Waals surface area contributed by atoms with Gasteiger partial charge in [0.25, 0.3) is 0 Å². The van der Waals surface area contributed by atoms with Crippen molar-refractivity contribution < 1.29 is 9.47 Å². The number of H-pyrrole nitrogens is 1. The van der Waals surface area contributed by atoms with Gasteiger partial charge >= 0.3 is 0 Å². The lowest BCUT2D eigenvalue weighted by Gasteiger charge is -2.17. The summed E-state index contributed by atoms with van der Waals surface area (Å²) in [5.41, 5.74) is 3.15. The summed E-state index contributed by atoms with van der Waals surface area (Å²) in [7, 11) is 1.65. The van der Waals surface area contributed by atoms with Gasteiger partial charge in [-0.05, 0) is 24.3 Å². The minimum absolute atomic E-state index is 0.556. The second-order valence-corrected chi connectivity index (χ2v) is 4.77. The Morgan fingerprint density at radius 3 is 2.84 bits per heavy atom. The van der Waals surface area contributed by atoms with Gasteiger partial charge in [0.1, 0.15) is 16.2 Å². The summed E-state index contributed by atoms with van der Waals surface area (Å²) in [5, 5.41) is 0. The number of methoxy groups -OCH3 is 1. The molecule has 2 aromatic rings. The fraction of sp³-hybridized carbons (Fsp3) is 0.286. The molecule has 0 saturated heterocycles. The SMILES string of the molecule is COc1ccc(-c2nc(=S)c3c([nH]2)CCOC3)cc1. The zero-order valence-corrected chi connectivity index (χ0v) is 11.4. The predicted octanol–water partition coefficient (Wildman–Crippen LogP) is 2.89. The Morgan fingerprint density at radius 2 is 2.11 bits per heavy atom. The number of fused-ring (bicyclic) bond motifs is 1. The van der Waals surface area contributed by atoms with E-state index in [0.29, 0.717) is 11.2 Å². The van der Waals surface area contributed by atoms with E-state index in [2.05, 4.69) is 9.97 Å². The highest BCUT2D eigenvalue weighted by atomic mass is 32.1. The highest BCUT2D eigenvalue weighted by Crippen LogP contribution is 2.22. The van der Waals surface area contributed by atoms with Gasteiger partial charge in [0.15, 0.2) is 0 Å². The Labute approximate surface area is 116 Å². The van der Waals surface area contributed by atoms with Gasteiger partial charge in [-0.25, -0.2) is 4.98 Å². The number of hydrogen-bond donors (Lipinski definition) is 1. The second-order valence-electron chi connectivity index (χ2n) is 4.38. The first-order valence-electron chi connectivity index (χ1n) is 6.12. The quantitative estimate of drug-likeness (QED) is 0.855.